The summed E-state index contributed by atoms with van der Waals surface area (Å²) in [5.41, 5.74) is 6.58. The number of thiocarbonyl (C=S) groups is 1. The Morgan fingerprint density at radius 2 is 2.14 bits per heavy atom. The number of amides is 1. The number of aromatic nitrogens is 2. The van der Waals surface area contributed by atoms with E-state index in [1.54, 1.807) is 25.2 Å². The van der Waals surface area contributed by atoms with Crippen molar-refractivity contribution >= 4 is 28.9 Å². The highest BCUT2D eigenvalue weighted by Crippen LogP contribution is 2.21. The molecule has 0 bridgehead atoms. The van der Waals surface area contributed by atoms with Gasteiger partial charge in [0.2, 0.25) is 0 Å². The zero-order chi connectivity index (χ0) is 15.4. The predicted octanol–water partition coefficient (Wildman–Crippen LogP) is 1.71. The summed E-state index contributed by atoms with van der Waals surface area (Å²) < 4.78 is 6.96. The summed E-state index contributed by atoms with van der Waals surface area (Å²) in [5, 5.41) is 6.82. The molecule has 0 saturated carbocycles. The lowest BCUT2D eigenvalue weighted by molar-refractivity contribution is 0.102. The molecule has 110 valence electrons. The molecule has 0 unspecified atom stereocenters. The molecule has 0 aliphatic heterocycles. The maximum Gasteiger partial charge on any atom is 0.260 e. The van der Waals surface area contributed by atoms with Gasteiger partial charge in [-0.2, -0.15) is 5.10 Å². The number of nitrogens with one attached hydrogen (secondary N) is 1. The van der Waals surface area contributed by atoms with Crippen LogP contribution in [0.4, 0.5) is 5.82 Å². The van der Waals surface area contributed by atoms with Gasteiger partial charge in [0.25, 0.3) is 5.91 Å². The zero-order valence-corrected chi connectivity index (χ0v) is 12.6. The molecule has 21 heavy (non-hydrogen) atoms. The molecule has 7 heteroatoms. The minimum atomic E-state index is -0.305. The second-order valence-corrected chi connectivity index (χ2v) is 4.72. The largest absolute Gasteiger partial charge is 0.493 e. The number of para-hydroxylation sites is 1. The van der Waals surface area contributed by atoms with Crippen LogP contribution in [0.25, 0.3) is 0 Å². The first-order valence-corrected chi connectivity index (χ1v) is 6.80. The molecule has 1 aromatic carbocycles. The molecule has 0 aliphatic rings. The van der Waals surface area contributed by atoms with E-state index in [1.165, 1.54) is 10.9 Å². The van der Waals surface area contributed by atoms with Crippen LogP contribution in [0.15, 0.2) is 30.5 Å². The van der Waals surface area contributed by atoms with Gasteiger partial charge >= 0.3 is 0 Å². The first-order chi connectivity index (χ1) is 10.0. The maximum atomic E-state index is 12.4. The van der Waals surface area contributed by atoms with Crippen LogP contribution in [0.5, 0.6) is 5.75 Å². The van der Waals surface area contributed by atoms with Gasteiger partial charge in [0.05, 0.1) is 23.9 Å². The molecule has 1 heterocycles. The van der Waals surface area contributed by atoms with E-state index >= 15 is 0 Å². The molecule has 6 nitrogen and oxygen atoms in total. The predicted molar refractivity (Wildman–Crippen MR) is 84.7 cm³/mol. The second kappa shape index (κ2) is 6.36. The molecule has 0 aliphatic carbocycles. The fourth-order valence-electron chi connectivity index (χ4n) is 1.88. The van der Waals surface area contributed by atoms with Crippen molar-refractivity contribution in [2.24, 2.45) is 12.8 Å². The van der Waals surface area contributed by atoms with E-state index in [1.807, 2.05) is 13.0 Å². The van der Waals surface area contributed by atoms with Gasteiger partial charge < -0.3 is 15.8 Å². The van der Waals surface area contributed by atoms with Crippen molar-refractivity contribution in [3.8, 4) is 5.75 Å². The number of nitrogens with two attached hydrogens (primary N) is 1. The third-order valence-electron chi connectivity index (χ3n) is 2.87. The van der Waals surface area contributed by atoms with Crippen molar-refractivity contribution in [1.29, 1.82) is 0 Å². The van der Waals surface area contributed by atoms with E-state index in [2.05, 4.69) is 10.4 Å². The minimum absolute atomic E-state index is 0.177. The van der Waals surface area contributed by atoms with Crippen LogP contribution >= 0.6 is 12.2 Å². The highest BCUT2D eigenvalue weighted by Gasteiger charge is 2.17. The smallest absolute Gasteiger partial charge is 0.260 e. The van der Waals surface area contributed by atoms with Crippen molar-refractivity contribution in [2.75, 3.05) is 11.9 Å². The van der Waals surface area contributed by atoms with Crippen LogP contribution in [0.1, 0.15) is 22.8 Å². The molecular weight excluding hydrogens is 288 g/mol. The Morgan fingerprint density at radius 1 is 1.43 bits per heavy atom. The Balaban J connectivity index is 2.31. The molecular formula is C14H16N4O2S. The van der Waals surface area contributed by atoms with Crippen LogP contribution in [0.2, 0.25) is 0 Å². The van der Waals surface area contributed by atoms with Crippen LogP contribution in [-0.2, 0) is 7.05 Å². The highest BCUT2D eigenvalue weighted by molar-refractivity contribution is 7.80. The Morgan fingerprint density at radius 3 is 2.81 bits per heavy atom. The summed E-state index contributed by atoms with van der Waals surface area (Å²) in [4.78, 5) is 12.6. The lowest BCUT2D eigenvalue weighted by Crippen LogP contribution is -2.19. The van der Waals surface area contributed by atoms with E-state index < -0.39 is 0 Å². The quantitative estimate of drug-likeness (QED) is 0.822. The van der Waals surface area contributed by atoms with Crippen LogP contribution in [0, 0.1) is 0 Å². The molecule has 2 rings (SSSR count). The molecule has 2 aromatic rings. The third-order valence-corrected chi connectivity index (χ3v) is 3.09. The molecule has 0 saturated heterocycles. The maximum absolute atomic E-state index is 12.4. The van der Waals surface area contributed by atoms with E-state index in [-0.39, 0.29) is 10.9 Å². The van der Waals surface area contributed by atoms with Crippen molar-refractivity contribution < 1.29 is 9.53 Å². The minimum Gasteiger partial charge on any atom is -0.493 e. The highest BCUT2D eigenvalue weighted by atomic mass is 32.1. The van der Waals surface area contributed by atoms with E-state index in [0.29, 0.717) is 29.3 Å². The van der Waals surface area contributed by atoms with Gasteiger partial charge in [-0.3, -0.25) is 9.48 Å². The Bertz CT molecular complexity index is 681. The fraction of sp³-hybridized carbons (Fsp3) is 0.214. The summed E-state index contributed by atoms with van der Waals surface area (Å²) in [6, 6.07) is 7.02. The summed E-state index contributed by atoms with van der Waals surface area (Å²) in [6.45, 7) is 2.34. The van der Waals surface area contributed by atoms with Crippen LogP contribution < -0.4 is 15.8 Å². The number of rotatable bonds is 5. The van der Waals surface area contributed by atoms with Crippen molar-refractivity contribution in [2.45, 2.75) is 6.92 Å². The fourth-order valence-corrected chi connectivity index (χ4v) is 2.03. The van der Waals surface area contributed by atoms with Gasteiger partial charge in [-0.1, -0.05) is 24.4 Å². The van der Waals surface area contributed by atoms with E-state index in [4.69, 9.17) is 22.7 Å². The molecule has 0 spiro atoms. The number of carbonyl (C=O) groups is 1. The molecule has 3 N–H and O–H groups in total. The number of hydrogen-bond donors (Lipinski definition) is 2. The van der Waals surface area contributed by atoms with Crippen LogP contribution in [0.3, 0.4) is 0 Å². The molecule has 1 amide bonds. The monoisotopic (exact) mass is 304 g/mol. The summed E-state index contributed by atoms with van der Waals surface area (Å²) >= 11 is 4.95. The number of benzene rings is 1. The Labute approximate surface area is 127 Å². The normalized spacial score (nSPS) is 10.2. The zero-order valence-electron chi connectivity index (χ0n) is 11.8. The number of aryl methyl sites for hydroxylation is 1. The number of hydrogen-bond acceptors (Lipinski definition) is 4. The molecule has 1 aromatic heterocycles. The summed E-state index contributed by atoms with van der Waals surface area (Å²) in [7, 11) is 1.70. The molecule has 0 fully saturated rings. The van der Waals surface area contributed by atoms with Crippen molar-refractivity contribution in [1.82, 2.24) is 9.78 Å². The number of ether oxygens (including phenoxy) is 1. The SMILES string of the molecule is CCOc1ccccc1C(=O)Nc1c(C(N)=S)cnn1C. The standard InChI is InChI=1S/C14H16N4O2S/c1-3-20-11-7-5-4-6-9(11)14(19)17-13-10(12(15)21)8-16-18(13)2/h4-8H,3H2,1-2H3,(H2,15,21)(H,17,19). The number of nitrogens with zero attached hydrogens (tertiary/aromatic N) is 2. The number of carbonyl (C=O) groups excluding carboxylic acids is 1. The Kier molecular flexibility index (Phi) is 4.54. The second-order valence-electron chi connectivity index (χ2n) is 4.28. The number of anilines is 1. The summed E-state index contributed by atoms with van der Waals surface area (Å²) in [5.74, 6) is 0.676. The lowest BCUT2D eigenvalue weighted by atomic mass is 10.2. The first-order valence-electron chi connectivity index (χ1n) is 6.39. The molecule has 0 radical (unpaired) electrons. The lowest BCUT2D eigenvalue weighted by Gasteiger charge is -2.11. The molecule has 0 atom stereocenters. The van der Waals surface area contributed by atoms with Gasteiger partial charge in [-0.15, -0.1) is 0 Å². The van der Waals surface area contributed by atoms with Gasteiger partial charge in [0.15, 0.2) is 0 Å². The van der Waals surface area contributed by atoms with Crippen molar-refractivity contribution in [3.05, 3.63) is 41.6 Å². The van der Waals surface area contributed by atoms with Gasteiger partial charge in [0.1, 0.15) is 16.6 Å². The van der Waals surface area contributed by atoms with E-state index in [0.717, 1.165) is 0 Å². The summed E-state index contributed by atoms with van der Waals surface area (Å²) in [6.07, 6.45) is 1.52. The van der Waals surface area contributed by atoms with Crippen molar-refractivity contribution in [3.63, 3.8) is 0 Å². The van der Waals surface area contributed by atoms with Gasteiger partial charge in [-0.25, -0.2) is 0 Å². The third kappa shape index (κ3) is 3.19. The average Bonchev–Trinajstić information content (AvgIpc) is 2.81. The van der Waals surface area contributed by atoms with Crippen LogP contribution in [-0.4, -0.2) is 27.3 Å². The Hall–Kier alpha value is -2.41. The topological polar surface area (TPSA) is 82.2 Å². The average molecular weight is 304 g/mol. The van der Waals surface area contributed by atoms with Gasteiger partial charge in [0, 0.05) is 7.05 Å². The first kappa shape index (κ1) is 15.0. The van der Waals surface area contributed by atoms with Gasteiger partial charge in [-0.05, 0) is 19.1 Å². The van der Waals surface area contributed by atoms with E-state index in [9.17, 15) is 4.79 Å².